The molecule has 2 rings (SSSR count). The van der Waals surface area contributed by atoms with Crippen LogP contribution >= 0.6 is 0 Å². The van der Waals surface area contributed by atoms with Gasteiger partial charge in [0, 0.05) is 18.6 Å². The van der Waals surface area contributed by atoms with Crippen LogP contribution in [0.1, 0.15) is 83.3 Å². The van der Waals surface area contributed by atoms with Crippen LogP contribution < -0.4 is 0 Å². The van der Waals surface area contributed by atoms with Crippen LogP contribution in [0, 0.1) is 0 Å². The lowest BCUT2D eigenvalue weighted by atomic mass is 9.92. The molecular formula is C26H39N. The van der Waals surface area contributed by atoms with E-state index in [9.17, 15) is 0 Å². The lowest BCUT2D eigenvalue weighted by Gasteiger charge is -2.39. The maximum absolute atomic E-state index is 2.66. The Morgan fingerprint density at radius 2 is 1.07 bits per heavy atom. The highest BCUT2D eigenvalue weighted by Gasteiger charge is 2.26. The summed E-state index contributed by atoms with van der Waals surface area (Å²) in [4.78, 5) is 2.66. The average Bonchev–Trinajstić information content (AvgIpc) is 2.68. The predicted octanol–water partition coefficient (Wildman–Crippen LogP) is 7.61. The molecule has 27 heavy (non-hydrogen) atoms. The Labute approximate surface area is 167 Å². The van der Waals surface area contributed by atoms with Gasteiger partial charge in [0.2, 0.25) is 0 Å². The third kappa shape index (κ3) is 8.30. The van der Waals surface area contributed by atoms with Crippen molar-refractivity contribution in [1.82, 2.24) is 4.90 Å². The van der Waals surface area contributed by atoms with Gasteiger partial charge in [0.05, 0.1) is 0 Å². The maximum Gasteiger partial charge on any atom is 0.0242 e. The van der Waals surface area contributed by atoms with Gasteiger partial charge in [0.15, 0.2) is 0 Å². The van der Waals surface area contributed by atoms with Crippen molar-refractivity contribution in [3.8, 4) is 0 Å². The molecule has 1 heteroatoms. The molecule has 0 amide bonds. The van der Waals surface area contributed by atoms with Crippen molar-refractivity contribution < 1.29 is 0 Å². The molecule has 0 spiro atoms. The van der Waals surface area contributed by atoms with Gasteiger partial charge in [0.25, 0.3) is 0 Å². The number of rotatable bonds is 13. The summed E-state index contributed by atoms with van der Waals surface area (Å²) in [5.74, 6) is 0. The molecule has 0 saturated heterocycles. The van der Waals surface area contributed by atoms with E-state index in [-0.39, 0.29) is 5.54 Å². The van der Waals surface area contributed by atoms with E-state index in [4.69, 9.17) is 0 Å². The molecule has 0 saturated carbocycles. The molecule has 2 aromatic carbocycles. The maximum atomic E-state index is 2.66. The highest BCUT2D eigenvalue weighted by Crippen LogP contribution is 2.27. The van der Waals surface area contributed by atoms with Crippen molar-refractivity contribution in [3.05, 3.63) is 71.8 Å². The number of nitrogens with zero attached hydrogens (tertiary/aromatic N) is 1. The fraction of sp³-hybridized carbons (Fsp3) is 0.538. The number of benzene rings is 2. The molecule has 148 valence electrons. The molecule has 1 nitrogen and oxygen atoms in total. The second kappa shape index (κ2) is 12.0. The molecule has 2 aromatic rings. The van der Waals surface area contributed by atoms with Crippen LogP contribution in [0.5, 0.6) is 0 Å². The minimum atomic E-state index is 0.203. The molecule has 0 radical (unpaired) electrons. The molecule has 0 aromatic heterocycles. The summed E-state index contributed by atoms with van der Waals surface area (Å²) in [6.45, 7) is 9.17. The molecule has 0 unspecified atom stereocenters. The Kier molecular flexibility index (Phi) is 9.62. The molecule has 0 bridgehead atoms. The zero-order chi connectivity index (χ0) is 19.4. The Morgan fingerprint density at radius 3 is 1.56 bits per heavy atom. The zero-order valence-electron chi connectivity index (χ0n) is 17.8. The minimum absolute atomic E-state index is 0.203. The van der Waals surface area contributed by atoms with Gasteiger partial charge in [-0.25, -0.2) is 0 Å². The summed E-state index contributed by atoms with van der Waals surface area (Å²) in [5.41, 5.74) is 3.01. The summed E-state index contributed by atoms with van der Waals surface area (Å²) >= 11 is 0. The zero-order valence-corrected chi connectivity index (χ0v) is 17.8. The first-order valence-electron chi connectivity index (χ1n) is 10.9. The lowest BCUT2D eigenvalue weighted by molar-refractivity contribution is 0.0906. The lowest BCUT2D eigenvalue weighted by Crippen LogP contribution is -2.42. The number of hydrogen-bond donors (Lipinski definition) is 0. The Hall–Kier alpha value is -1.60. The predicted molar refractivity (Wildman–Crippen MR) is 119 cm³/mol. The summed E-state index contributed by atoms with van der Waals surface area (Å²) in [7, 11) is 0. The summed E-state index contributed by atoms with van der Waals surface area (Å²) in [6.07, 6.45) is 10.9. The smallest absolute Gasteiger partial charge is 0.0242 e. The van der Waals surface area contributed by atoms with Gasteiger partial charge in [-0.05, 0) is 31.4 Å². The summed E-state index contributed by atoms with van der Waals surface area (Å²) in [6, 6.07) is 21.8. The van der Waals surface area contributed by atoms with Crippen molar-refractivity contribution in [2.45, 2.75) is 90.8 Å². The first kappa shape index (κ1) is 21.7. The SMILES string of the molecule is CCCCCCCCCC(C)(C)N(Cc1ccccc1)Cc1ccccc1. The summed E-state index contributed by atoms with van der Waals surface area (Å²) < 4.78 is 0. The van der Waals surface area contributed by atoms with E-state index in [0.29, 0.717) is 0 Å². The largest absolute Gasteiger partial charge is 0.290 e. The van der Waals surface area contributed by atoms with Gasteiger partial charge in [-0.2, -0.15) is 0 Å². The molecule has 0 aliphatic carbocycles. The third-order valence-corrected chi connectivity index (χ3v) is 5.68. The third-order valence-electron chi connectivity index (χ3n) is 5.68. The van der Waals surface area contributed by atoms with Gasteiger partial charge in [-0.15, -0.1) is 0 Å². The molecule has 0 fully saturated rings. The Morgan fingerprint density at radius 1 is 0.630 bits per heavy atom. The van der Waals surface area contributed by atoms with Crippen LogP contribution in [0.3, 0.4) is 0 Å². The topological polar surface area (TPSA) is 3.24 Å². The quantitative estimate of drug-likeness (QED) is 0.330. The highest BCUT2D eigenvalue weighted by atomic mass is 15.2. The van der Waals surface area contributed by atoms with E-state index in [1.807, 2.05) is 0 Å². The van der Waals surface area contributed by atoms with Gasteiger partial charge in [-0.1, -0.05) is 113 Å². The average molecular weight is 366 g/mol. The molecule has 0 heterocycles. The minimum Gasteiger partial charge on any atom is -0.290 e. The van der Waals surface area contributed by atoms with E-state index in [2.05, 4.69) is 86.3 Å². The highest BCUT2D eigenvalue weighted by molar-refractivity contribution is 5.17. The van der Waals surface area contributed by atoms with Crippen LogP contribution in [0.2, 0.25) is 0 Å². The van der Waals surface area contributed by atoms with Crippen LogP contribution in [0.15, 0.2) is 60.7 Å². The summed E-state index contributed by atoms with van der Waals surface area (Å²) in [5, 5.41) is 0. The molecule has 0 N–H and O–H groups in total. The standard InChI is InChI=1S/C26H39N/c1-4-5-6-7-8-9-16-21-26(2,3)27(22-24-17-12-10-13-18-24)23-25-19-14-11-15-20-25/h10-15,17-20H,4-9,16,21-23H2,1-3H3. The van der Waals surface area contributed by atoms with E-state index >= 15 is 0 Å². The molecule has 0 aliphatic heterocycles. The van der Waals surface area contributed by atoms with E-state index in [1.165, 1.54) is 62.5 Å². The fourth-order valence-electron chi connectivity index (χ4n) is 3.76. The van der Waals surface area contributed by atoms with E-state index in [0.717, 1.165) is 13.1 Å². The van der Waals surface area contributed by atoms with Gasteiger partial charge in [0.1, 0.15) is 0 Å². The number of unbranched alkanes of at least 4 members (excludes halogenated alkanes) is 6. The first-order valence-corrected chi connectivity index (χ1v) is 10.9. The first-order chi connectivity index (χ1) is 13.1. The second-order valence-electron chi connectivity index (χ2n) is 8.51. The fourth-order valence-corrected chi connectivity index (χ4v) is 3.76. The molecule has 0 aliphatic rings. The van der Waals surface area contributed by atoms with E-state index in [1.54, 1.807) is 0 Å². The van der Waals surface area contributed by atoms with Crippen LogP contribution in [0.4, 0.5) is 0 Å². The molecule has 0 atom stereocenters. The van der Waals surface area contributed by atoms with Crippen molar-refractivity contribution in [2.24, 2.45) is 0 Å². The van der Waals surface area contributed by atoms with E-state index < -0.39 is 0 Å². The van der Waals surface area contributed by atoms with Crippen molar-refractivity contribution in [2.75, 3.05) is 0 Å². The van der Waals surface area contributed by atoms with Crippen LogP contribution in [-0.2, 0) is 13.1 Å². The number of hydrogen-bond acceptors (Lipinski definition) is 1. The van der Waals surface area contributed by atoms with Gasteiger partial charge >= 0.3 is 0 Å². The van der Waals surface area contributed by atoms with Crippen molar-refractivity contribution in [3.63, 3.8) is 0 Å². The second-order valence-corrected chi connectivity index (χ2v) is 8.51. The van der Waals surface area contributed by atoms with Crippen LogP contribution in [-0.4, -0.2) is 10.4 Å². The van der Waals surface area contributed by atoms with Crippen LogP contribution in [0.25, 0.3) is 0 Å². The molecular weight excluding hydrogens is 326 g/mol. The monoisotopic (exact) mass is 365 g/mol. The van der Waals surface area contributed by atoms with Gasteiger partial charge < -0.3 is 0 Å². The van der Waals surface area contributed by atoms with Crippen molar-refractivity contribution >= 4 is 0 Å². The van der Waals surface area contributed by atoms with Crippen molar-refractivity contribution in [1.29, 1.82) is 0 Å². The Bertz CT molecular complexity index is 561. The van der Waals surface area contributed by atoms with Gasteiger partial charge in [-0.3, -0.25) is 4.90 Å². The normalized spacial score (nSPS) is 11.9. The Balaban J connectivity index is 1.93.